The van der Waals surface area contributed by atoms with Gasteiger partial charge >= 0.3 is 0 Å². The van der Waals surface area contributed by atoms with Gasteiger partial charge in [0.05, 0.1) is 22.8 Å². The molecule has 1 aliphatic rings. The van der Waals surface area contributed by atoms with E-state index in [0.717, 1.165) is 15.7 Å². The van der Waals surface area contributed by atoms with Crippen LogP contribution in [0.5, 0.6) is 5.75 Å². The van der Waals surface area contributed by atoms with Crippen LogP contribution in [0.1, 0.15) is 29.8 Å². The molecule has 0 aromatic heterocycles. The average molecular weight is 529 g/mol. The standard InChI is InChI=1S/C25H25BrN2O4S/c1-17(2)16-32-24-12-7-19(26)15-22(24)25(29)27-20-8-10-21(11-9-20)33(30,31)28-14-13-18-5-3-4-6-23(18)28/h3-12,15,17H,13-14,16H2,1-2H3,(H,27,29). The number of carbonyl (C=O) groups excluding carboxylic acids is 1. The van der Waals surface area contributed by atoms with Crippen molar-refractivity contribution in [2.45, 2.75) is 25.2 Å². The Morgan fingerprint density at radius 3 is 2.55 bits per heavy atom. The molecule has 0 fully saturated rings. The molecular weight excluding hydrogens is 504 g/mol. The molecule has 1 amide bonds. The van der Waals surface area contributed by atoms with Gasteiger partial charge in [0.25, 0.3) is 15.9 Å². The number of halogens is 1. The monoisotopic (exact) mass is 528 g/mol. The van der Waals surface area contributed by atoms with Crippen molar-refractivity contribution in [1.82, 2.24) is 0 Å². The zero-order valence-electron chi connectivity index (χ0n) is 18.4. The van der Waals surface area contributed by atoms with Crippen molar-refractivity contribution < 1.29 is 17.9 Å². The van der Waals surface area contributed by atoms with Gasteiger partial charge in [-0.05, 0) is 66.4 Å². The summed E-state index contributed by atoms with van der Waals surface area (Å²) in [5.41, 5.74) is 2.64. The van der Waals surface area contributed by atoms with Crippen LogP contribution < -0.4 is 14.4 Å². The summed E-state index contributed by atoms with van der Waals surface area (Å²) in [6.45, 7) is 4.99. The molecule has 3 aromatic rings. The van der Waals surface area contributed by atoms with Gasteiger partial charge in [-0.15, -0.1) is 0 Å². The van der Waals surface area contributed by atoms with E-state index < -0.39 is 10.0 Å². The first-order chi connectivity index (χ1) is 15.8. The SMILES string of the molecule is CC(C)COc1ccc(Br)cc1C(=O)Nc1ccc(S(=O)(=O)N2CCc3ccccc32)cc1. The zero-order chi connectivity index (χ0) is 23.6. The number of para-hydroxylation sites is 1. The molecule has 8 heteroatoms. The number of hydrogen-bond donors (Lipinski definition) is 1. The Balaban J connectivity index is 1.52. The minimum atomic E-state index is -3.68. The van der Waals surface area contributed by atoms with Gasteiger partial charge in [0.1, 0.15) is 5.75 Å². The highest BCUT2D eigenvalue weighted by atomic mass is 79.9. The second-order valence-corrected chi connectivity index (χ2v) is 11.1. The van der Waals surface area contributed by atoms with E-state index in [1.54, 1.807) is 24.3 Å². The van der Waals surface area contributed by atoms with Crippen molar-refractivity contribution >= 4 is 43.2 Å². The third-order valence-electron chi connectivity index (χ3n) is 5.30. The van der Waals surface area contributed by atoms with Gasteiger partial charge in [-0.1, -0.05) is 48.0 Å². The van der Waals surface area contributed by atoms with Gasteiger partial charge in [-0.25, -0.2) is 8.42 Å². The van der Waals surface area contributed by atoms with Crippen LogP contribution in [0.3, 0.4) is 0 Å². The van der Waals surface area contributed by atoms with Crippen LogP contribution >= 0.6 is 15.9 Å². The number of carbonyl (C=O) groups is 1. The van der Waals surface area contributed by atoms with Crippen molar-refractivity contribution in [1.29, 1.82) is 0 Å². The zero-order valence-corrected chi connectivity index (χ0v) is 20.8. The van der Waals surface area contributed by atoms with Crippen molar-refractivity contribution in [2.24, 2.45) is 5.92 Å². The molecule has 172 valence electrons. The number of ether oxygens (including phenoxy) is 1. The lowest BCUT2D eigenvalue weighted by atomic mass is 10.1. The maximum absolute atomic E-state index is 13.2. The van der Waals surface area contributed by atoms with Crippen molar-refractivity contribution in [3.8, 4) is 5.75 Å². The normalized spacial score (nSPS) is 13.2. The van der Waals surface area contributed by atoms with Crippen LogP contribution in [0.2, 0.25) is 0 Å². The minimum Gasteiger partial charge on any atom is -0.492 e. The Morgan fingerprint density at radius 1 is 1.09 bits per heavy atom. The maximum Gasteiger partial charge on any atom is 0.264 e. The molecule has 0 unspecified atom stereocenters. The lowest BCUT2D eigenvalue weighted by Crippen LogP contribution is -2.29. The highest BCUT2D eigenvalue weighted by Gasteiger charge is 2.30. The second kappa shape index (κ2) is 9.57. The first-order valence-electron chi connectivity index (χ1n) is 10.7. The van der Waals surface area contributed by atoms with Crippen LogP contribution in [-0.4, -0.2) is 27.5 Å². The van der Waals surface area contributed by atoms with E-state index in [4.69, 9.17) is 4.74 Å². The van der Waals surface area contributed by atoms with Crippen molar-refractivity contribution in [2.75, 3.05) is 22.8 Å². The fourth-order valence-corrected chi connectivity index (χ4v) is 5.52. The largest absolute Gasteiger partial charge is 0.492 e. The summed E-state index contributed by atoms with van der Waals surface area (Å²) in [5.74, 6) is 0.483. The van der Waals surface area contributed by atoms with E-state index >= 15 is 0 Å². The molecule has 1 heterocycles. The van der Waals surface area contributed by atoms with E-state index in [0.29, 0.717) is 42.5 Å². The number of anilines is 2. The molecule has 0 atom stereocenters. The number of nitrogens with one attached hydrogen (secondary N) is 1. The van der Waals surface area contributed by atoms with Crippen molar-refractivity contribution in [3.05, 3.63) is 82.3 Å². The highest BCUT2D eigenvalue weighted by molar-refractivity contribution is 9.10. The van der Waals surface area contributed by atoms with Gasteiger partial charge in [-0.2, -0.15) is 0 Å². The number of fused-ring (bicyclic) bond motifs is 1. The Labute approximate surface area is 202 Å². The number of hydrogen-bond acceptors (Lipinski definition) is 4. The number of sulfonamides is 1. The minimum absolute atomic E-state index is 0.181. The van der Waals surface area contributed by atoms with Crippen LogP contribution in [0, 0.1) is 5.92 Å². The number of rotatable bonds is 7. The first-order valence-corrected chi connectivity index (χ1v) is 12.9. The van der Waals surface area contributed by atoms with E-state index in [-0.39, 0.29) is 10.8 Å². The predicted octanol–water partition coefficient (Wildman–Crippen LogP) is 5.49. The molecule has 0 radical (unpaired) electrons. The molecule has 1 aliphatic heterocycles. The van der Waals surface area contributed by atoms with Crippen molar-refractivity contribution in [3.63, 3.8) is 0 Å². The van der Waals surface area contributed by atoms with E-state index in [2.05, 4.69) is 21.2 Å². The first kappa shape index (κ1) is 23.3. The summed E-state index contributed by atoms with van der Waals surface area (Å²) < 4.78 is 34.4. The van der Waals surface area contributed by atoms with Crippen LogP contribution in [0.4, 0.5) is 11.4 Å². The van der Waals surface area contributed by atoms with Gasteiger partial charge in [0.15, 0.2) is 0 Å². The molecule has 4 rings (SSSR count). The summed E-state index contributed by atoms with van der Waals surface area (Å²) >= 11 is 3.40. The molecular formula is C25H25BrN2O4S. The maximum atomic E-state index is 13.2. The molecule has 1 N–H and O–H groups in total. The Morgan fingerprint density at radius 2 is 1.82 bits per heavy atom. The van der Waals surface area contributed by atoms with E-state index in [1.165, 1.54) is 16.4 Å². The smallest absolute Gasteiger partial charge is 0.264 e. The fraction of sp³-hybridized carbons (Fsp3) is 0.240. The number of benzene rings is 3. The molecule has 0 spiro atoms. The fourth-order valence-electron chi connectivity index (χ4n) is 3.66. The Kier molecular flexibility index (Phi) is 6.76. The second-order valence-electron chi connectivity index (χ2n) is 8.28. The van der Waals surface area contributed by atoms with Crippen LogP contribution in [0.15, 0.2) is 76.1 Å². The van der Waals surface area contributed by atoms with Gasteiger partial charge < -0.3 is 10.1 Å². The topological polar surface area (TPSA) is 75.7 Å². The molecule has 0 saturated heterocycles. The number of amides is 1. The molecule has 3 aromatic carbocycles. The number of nitrogens with zero attached hydrogens (tertiary/aromatic N) is 1. The quantitative estimate of drug-likeness (QED) is 0.440. The molecule has 33 heavy (non-hydrogen) atoms. The third kappa shape index (κ3) is 5.07. The van der Waals surface area contributed by atoms with E-state index in [1.807, 2.05) is 44.2 Å². The van der Waals surface area contributed by atoms with Crippen LogP contribution in [0.25, 0.3) is 0 Å². The summed E-state index contributed by atoms with van der Waals surface area (Å²) in [4.78, 5) is 13.1. The third-order valence-corrected chi connectivity index (χ3v) is 7.62. The average Bonchev–Trinajstić information content (AvgIpc) is 3.23. The summed E-state index contributed by atoms with van der Waals surface area (Å²) in [7, 11) is -3.68. The van der Waals surface area contributed by atoms with Crippen LogP contribution in [-0.2, 0) is 16.4 Å². The highest BCUT2D eigenvalue weighted by Crippen LogP contribution is 2.33. The summed E-state index contributed by atoms with van der Waals surface area (Å²) in [5, 5.41) is 2.83. The Hall–Kier alpha value is -2.84. The molecule has 6 nitrogen and oxygen atoms in total. The predicted molar refractivity (Wildman–Crippen MR) is 134 cm³/mol. The summed E-state index contributed by atoms with van der Waals surface area (Å²) in [6, 6.07) is 19.0. The lowest BCUT2D eigenvalue weighted by Gasteiger charge is -2.19. The Bertz CT molecular complexity index is 1270. The van der Waals surface area contributed by atoms with Gasteiger partial charge in [-0.3, -0.25) is 9.10 Å². The molecule has 0 aliphatic carbocycles. The molecule has 0 bridgehead atoms. The summed E-state index contributed by atoms with van der Waals surface area (Å²) in [6.07, 6.45) is 0.692. The van der Waals surface area contributed by atoms with Gasteiger partial charge in [0, 0.05) is 16.7 Å². The lowest BCUT2D eigenvalue weighted by molar-refractivity contribution is 0.102. The van der Waals surface area contributed by atoms with Gasteiger partial charge in [0.2, 0.25) is 0 Å². The van der Waals surface area contributed by atoms with E-state index in [9.17, 15) is 13.2 Å². The molecule has 0 saturated carbocycles.